The Morgan fingerprint density at radius 2 is 1.83 bits per heavy atom. The summed E-state index contributed by atoms with van der Waals surface area (Å²) in [6.45, 7) is 2.12. The first-order valence-corrected chi connectivity index (χ1v) is 8.96. The van der Waals surface area contributed by atoms with Crippen molar-refractivity contribution >= 4 is 0 Å². The van der Waals surface area contributed by atoms with E-state index in [0.29, 0.717) is 22.8 Å². The number of nitrogens with zero attached hydrogens (tertiary/aromatic N) is 5. The van der Waals surface area contributed by atoms with Crippen molar-refractivity contribution in [3.63, 3.8) is 0 Å². The predicted octanol–water partition coefficient (Wildman–Crippen LogP) is 3.05. The van der Waals surface area contributed by atoms with Crippen molar-refractivity contribution in [2.75, 3.05) is 0 Å². The van der Waals surface area contributed by atoms with E-state index < -0.39 is 0 Å². The molecule has 0 atom stereocenters. The summed E-state index contributed by atoms with van der Waals surface area (Å²) in [5, 5.41) is 7.68. The van der Waals surface area contributed by atoms with E-state index in [9.17, 15) is 9.18 Å². The van der Waals surface area contributed by atoms with Gasteiger partial charge in [-0.15, -0.1) is 0 Å². The molecule has 0 unspecified atom stereocenters. The van der Waals surface area contributed by atoms with Gasteiger partial charge in [0, 0.05) is 24.2 Å². The smallest absolute Gasteiger partial charge is 0.368 e. The van der Waals surface area contributed by atoms with Crippen molar-refractivity contribution in [3.8, 4) is 22.8 Å². The zero-order valence-electron chi connectivity index (χ0n) is 15.9. The summed E-state index contributed by atoms with van der Waals surface area (Å²) in [6.07, 6.45) is 0. The third kappa shape index (κ3) is 3.77. The van der Waals surface area contributed by atoms with E-state index in [4.69, 9.17) is 4.74 Å². The van der Waals surface area contributed by atoms with Gasteiger partial charge in [-0.3, -0.25) is 0 Å². The maximum Gasteiger partial charge on any atom is 0.368 e. The van der Waals surface area contributed by atoms with Gasteiger partial charge in [0.1, 0.15) is 12.4 Å². The van der Waals surface area contributed by atoms with Crippen LogP contribution in [0.3, 0.4) is 0 Å². The Labute approximate surface area is 166 Å². The van der Waals surface area contributed by atoms with Crippen molar-refractivity contribution in [1.82, 2.24) is 24.8 Å². The van der Waals surface area contributed by atoms with E-state index in [0.717, 1.165) is 15.8 Å². The average molecular weight is 391 g/mol. The van der Waals surface area contributed by atoms with Crippen LogP contribution in [0, 0.1) is 12.7 Å². The zero-order valence-corrected chi connectivity index (χ0v) is 15.9. The fourth-order valence-corrected chi connectivity index (χ4v) is 2.99. The van der Waals surface area contributed by atoms with Crippen molar-refractivity contribution in [2.45, 2.75) is 13.5 Å². The second-order valence-electron chi connectivity index (χ2n) is 6.53. The van der Waals surface area contributed by atoms with Gasteiger partial charge in [-0.05, 0) is 47.2 Å². The topological polar surface area (TPSA) is 74.8 Å². The summed E-state index contributed by atoms with van der Waals surface area (Å²) < 4.78 is 21.8. The van der Waals surface area contributed by atoms with Gasteiger partial charge in [0.2, 0.25) is 5.88 Å². The van der Waals surface area contributed by atoms with Crippen LogP contribution < -0.4 is 10.4 Å². The molecule has 0 bridgehead atoms. The van der Waals surface area contributed by atoms with Gasteiger partial charge in [0.15, 0.2) is 0 Å². The molecule has 0 spiro atoms. The van der Waals surface area contributed by atoms with Crippen LogP contribution in [-0.4, -0.2) is 24.8 Å². The monoisotopic (exact) mass is 391 g/mol. The number of hydrogen-bond donors (Lipinski definition) is 0. The minimum Gasteiger partial charge on any atom is -0.473 e. The molecule has 8 heteroatoms. The molecule has 2 heterocycles. The molecule has 4 aromatic rings. The van der Waals surface area contributed by atoms with Crippen LogP contribution in [0.5, 0.6) is 5.88 Å². The summed E-state index contributed by atoms with van der Waals surface area (Å²) >= 11 is 0. The Morgan fingerprint density at radius 1 is 1.03 bits per heavy atom. The van der Waals surface area contributed by atoms with E-state index >= 15 is 0 Å². The lowest BCUT2D eigenvalue weighted by molar-refractivity contribution is 0.293. The van der Waals surface area contributed by atoms with Gasteiger partial charge in [-0.1, -0.05) is 30.3 Å². The van der Waals surface area contributed by atoms with Crippen molar-refractivity contribution in [2.24, 2.45) is 7.05 Å². The van der Waals surface area contributed by atoms with Crippen LogP contribution in [0.4, 0.5) is 4.39 Å². The van der Waals surface area contributed by atoms with Crippen LogP contribution in [0.2, 0.25) is 0 Å². The Bertz CT molecular complexity index is 1230. The van der Waals surface area contributed by atoms with E-state index in [-0.39, 0.29) is 18.1 Å². The molecule has 7 nitrogen and oxygen atoms in total. The minimum atomic E-state index is -0.344. The van der Waals surface area contributed by atoms with Crippen LogP contribution >= 0.6 is 0 Å². The van der Waals surface area contributed by atoms with Crippen molar-refractivity contribution < 1.29 is 9.13 Å². The molecule has 0 N–H and O–H groups in total. The third-order valence-corrected chi connectivity index (χ3v) is 4.54. The number of tetrazole rings is 1. The van der Waals surface area contributed by atoms with Crippen molar-refractivity contribution in [3.05, 3.63) is 88.1 Å². The lowest BCUT2D eigenvalue weighted by Gasteiger charge is -2.13. The molecule has 0 aliphatic carbocycles. The van der Waals surface area contributed by atoms with Crippen LogP contribution in [0.25, 0.3) is 16.9 Å². The molecule has 4 rings (SSSR count). The molecule has 0 aliphatic rings. The van der Waals surface area contributed by atoms with Crippen LogP contribution in [0.1, 0.15) is 11.1 Å². The normalized spacial score (nSPS) is 10.9. The zero-order chi connectivity index (χ0) is 20.4. The van der Waals surface area contributed by atoms with Gasteiger partial charge in [0.25, 0.3) is 0 Å². The molecule has 0 saturated heterocycles. The number of pyridine rings is 1. The third-order valence-electron chi connectivity index (χ3n) is 4.54. The SMILES string of the molecule is Cc1cccc(-n2nnn(C)c2=O)c1COc1cccc(-c2cccc(F)c2)n1. The Hall–Kier alpha value is -3.81. The molecule has 0 saturated carbocycles. The van der Waals surface area contributed by atoms with E-state index in [1.165, 1.54) is 16.8 Å². The van der Waals surface area contributed by atoms with Gasteiger partial charge in [-0.2, -0.15) is 9.36 Å². The van der Waals surface area contributed by atoms with E-state index in [1.54, 1.807) is 43.4 Å². The number of aromatic nitrogens is 5. The number of benzene rings is 2. The molecule has 0 aliphatic heterocycles. The van der Waals surface area contributed by atoms with Gasteiger partial charge < -0.3 is 4.74 Å². The first-order valence-electron chi connectivity index (χ1n) is 8.96. The maximum absolute atomic E-state index is 13.5. The van der Waals surface area contributed by atoms with Crippen molar-refractivity contribution in [1.29, 1.82) is 0 Å². The van der Waals surface area contributed by atoms with E-state index in [1.807, 2.05) is 19.1 Å². The van der Waals surface area contributed by atoms with Gasteiger partial charge >= 0.3 is 5.69 Å². The summed E-state index contributed by atoms with van der Waals surface area (Å²) in [5.74, 6) is 0.0713. The quantitative estimate of drug-likeness (QED) is 0.523. The number of halogens is 1. The molecule has 2 aromatic carbocycles. The largest absolute Gasteiger partial charge is 0.473 e. The molecule has 2 aromatic heterocycles. The fraction of sp³-hybridized carbons (Fsp3) is 0.143. The lowest BCUT2D eigenvalue weighted by atomic mass is 10.1. The number of rotatable bonds is 5. The lowest BCUT2D eigenvalue weighted by Crippen LogP contribution is -2.23. The summed E-state index contributed by atoms with van der Waals surface area (Å²) in [7, 11) is 1.54. The Morgan fingerprint density at radius 3 is 2.59 bits per heavy atom. The van der Waals surface area contributed by atoms with E-state index in [2.05, 4.69) is 15.4 Å². The number of aryl methyl sites for hydroxylation is 2. The second kappa shape index (κ2) is 7.67. The molecule has 0 fully saturated rings. The highest BCUT2D eigenvalue weighted by Gasteiger charge is 2.14. The minimum absolute atomic E-state index is 0.185. The molecule has 0 amide bonds. The maximum atomic E-state index is 13.5. The molecular formula is C21H18FN5O2. The molecular weight excluding hydrogens is 373 g/mol. The van der Waals surface area contributed by atoms with Gasteiger partial charge in [-0.25, -0.2) is 14.2 Å². The highest BCUT2D eigenvalue weighted by molar-refractivity contribution is 5.59. The average Bonchev–Trinajstić information content (AvgIpc) is 3.05. The number of hydrogen-bond acceptors (Lipinski definition) is 5. The first-order chi connectivity index (χ1) is 14.0. The summed E-state index contributed by atoms with van der Waals surface area (Å²) in [4.78, 5) is 16.7. The summed E-state index contributed by atoms with van der Waals surface area (Å²) in [6, 6.07) is 17.1. The number of ether oxygens (including phenoxy) is 1. The van der Waals surface area contributed by atoms with Crippen LogP contribution in [-0.2, 0) is 13.7 Å². The molecule has 29 heavy (non-hydrogen) atoms. The Kier molecular flexibility index (Phi) is 4.90. The van der Waals surface area contributed by atoms with Crippen LogP contribution in [0.15, 0.2) is 65.5 Å². The molecule has 0 radical (unpaired) electrons. The highest BCUT2D eigenvalue weighted by atomic mass is 19.1. The first kappa shape index (κ1) is 18.5. The highest BCUT2D eigenvalue weighted by Crippen LogP contribution is 2.23. The molecule has 146 valence electrons. The summed E-state index contributed by atoms with van der Waals surface area (Å²) in [5.41, 5.74) is 3.28. The Balaban J connectivity index is 1.63. The predicted molar refractivity (Wildman–Crippen MR) is 105 cm³/mol. The standard InChI is InChI=1S/C21H18FN5O2/c1-14-6-3-10-19(27-21(28)26(2)24-25-27)17(14)13-29-20-11-5-9-18(23-20)15-7-4-8-16(22)12-15/h3-12H,13H2,1-2H3. The van der Waals surface area contributed by atoms with Gasteiger partial charge in [0.05, 0.1) is 11.4 Å². The second-order valence-corrected chi connectivity index (χ2v) is 6.53. The fourth-order valence-electron chi connectivity index (χ4n) is 2.99.